The highest BCUT2D eigenvalue weighted by atomic mass is 32.1. The molecule has 0 saturated heterocycles. The van der Waals surface area contributed by atoms with Crippen molar-refractivity contribution in [3.63, 3.8) is 0 Å². The molecule has 4 nitrogen and oxygen atoms in total. The van der Waals surface area contributed by atoms with Gasteiger partial charge in [-0.1, -0.05) is 26.1 Å². The molecule has 0 spiro atoms. The zero-order valence-electron chi connectivity index (χ0n) is 11.2. The summed E-state index contributed by atoms with van der Waals surface area (Å²) in [6.45, 7) is 7.73. The first-order valence-corrected chi connectivity index (χ1v) is 7.15. The van der Waals surface area contributed by atoms with Gasteiger partial charge in [-0.05, 0) is 26.7 Å². The van der Waals surface area contributed by atoms with Crippen molar-refractivity contribution in [3.8, 4) is 0 Å². The lowest BCUT2D eigenvalue weighted by Gasteiger charge is -2.28. The van der Waals surface area contributed by atoms with Crippen LogP contribution in [0.15, 0.2) is 0 Å². The Morgan fingerprint density at radius 3 is 2.33 bits per heavy atom. The van der Waals surface area contributed by atoms with Crippen LogP contribution in [0.5, 0.6) is 0 Å². The number of carbonyl (C=O) groups is 1. The molecule has 0 fully saturated rings. The Labute approximate surface area is 117 Å². The molecule has 0 aliphatic carbocycles. The second-order valence-corrected chi connectivity index (χ2v) is 5.91. The number of nitrogens with zero attached hydrogens (tertiary/aromatic N) is 1. The van der Waals surface area contributed by atoms with Crippen molar-refractivity contribution in [2.24, 2.45) is 11.1 Å². The molecule has 0 aliphatic heterocycles. The van der Waals surface area contributed by atoms with Crippen molar-refractivity contribution >= 4 is 39.6 Å². The maximum absolute atomic E-state index is 12.3. The monoisotopic (exact) mass is 285 g/mol. The quantitative estimate of drug-likeness (QED) is 0.816. The molecule has 0 bridgehead atoms. The molecule has 1 amide bonds. The summed E-state index contributed by atoms with van der Waals surface area (Å²) in [5.41, 5.74) is 5.90. The molecular weight excluding hydrogens is 266 g/mol. The highest BCUT2D eigenvalue weighted by Gasteiger charge is 2.38. The highest BCUT2D eigenvalue weighted by molar-refractivity contribution is 7.80. The third-order valence-corrected chi connectivity index (χ3v) is 4.74. The first-order chi connectivity index (χ1) is 8.37. The molecule has 0 saturated carbocycles. The number of rotatable bonds is 5. The van der Waals surface area contributed by atoms with Crippen LogP contribution in [0.1, 0.15) is 37.3 Å². The van der Waals surface area contributed by atoms with E-state index in [2.05, 4.69) is 10.3 Å². The van der Waals surface area contributed by atoms with Gasteiger partial charge in [0.2, 0.25) is 5.91 Å². The van der Waals surface area contributed by atoms with Crippen molar-refractivity contribution in [2.45, 2.75) is 40.5 Å². The third kappa shape index (κ3) is 2.70. The maximum Gasteiger partial charge on any atom is 0.239 e. The van der Waals surface area contributed by atoms with E-state index in [0.717, 1.165) is 10.6 Å². The number of nitrogens with two attached hydrogens (primary N) is 1. The van der Waals surface area contributed by atoms with Crippen LogP contribution in [0, 0.1) is 19.3 Å². The minimum Gasteiger partial charge on any atom is -0.392 e. The molecule has 3 N–H and O–H groups in total. The van der Waals surface area contributed by atoms with Gasteiger partial charge in [-0.2, -0.15) is 0 Å². The van der Waals surface area contributed by atoms with E-state index in [1.54, 1.807) is 0 Å². The maximum atomic E-state index is 12.3. The van der Waals surface area contributed by atoms with Gasteiger partial charge >= 0.3 is 0 Å². The zero-order chi connectivity index (χ0) is 13.9. The van der Waals surface area contributed by atoms with Crippen molar-refractivity contribution in [1.29, 1.82) is 0 Å². The lowest BCUT2D eigenvalue weighted by atomic mass is 9.81. The number of anilines is 1. The lowest BCUT2D eigenvalue weighted by molar-refractivity contribution is -0.122. The molecule has 6 heteroatoms. The molecular formula is C12H19N3OS2. The van der Waals surface area contributed by atoms with Crippen LogP contribution in [0.25, 0.3) is 0 Å². The fourth-order valence-corrected chi connectivity index (χ4v) is 2.97. The molecule has 0 radical (unpaired) electrons. The molecule has 100 valence electrons. The van der Waals surface area contributed by atoms with Crippen LogP contribution < -0.4 is 11.1 Å². The number of hydrogen-bond acceptors (Lipinski definition) is 4. The first-order valence-electron chi connectivity index (χ1n) is 5.92. The molecule has 0 aromatic carbocycles. The Kier molecular flexibility index (Phi) is 4.81. The Balaban J connectivity index is 2.95. The number of nitrogens with one attached hydrogen (secondary N) is 1. The van der Waals surface area contributed by atoms with Crippen LogP contribution in [0.4, 0.5) is 5.13 Å². The average Bonchev–Trinajstić information content (AvgIpc) is 2.59. The second-order valence-electron chi connectivity index (χ2n) is 4.27. The van der Waals surface area contributed by atoms with Gasteiger partial charge in [0.05, 0.1) is 16.1 Å². The SMILES string of the molecule is CCC(CC)(C(=O)Nc1nc(C)c(C)s1)C(N)=S. The number of thiocarbonyl (C=S) groups is 1. The van der Waals surface area contributed by atoms with E-state index >= 15 is 0 Å². The molecule has 0 aliphatic rings. The van der Waals surface area contributed by atoms with E-state index < -0.39 is 5.41 Å². The van der Waals surface area contributed by atoms with Crippen LogP contribution in [0.2, 0.25) is 0 Å². The molecule has 1 rings (SSSR count). The van der Waals surface area contributed by atoms with Gasteiger partial charge in [-0.3, -0.25) is 4.79 Å². The second kappa shape index (κ2) is 5.75. The predicted molar refractivity (Wildman–Crippen MR) is 80.0 cm³/mol. The summed E-state index contributed by atoms with van der Waals surface area (Å²) < 4.78 is 0. The Hall–Kier alpha value is -1.01. The van der Waals surface area contributed by atoms with E-state index in [0.29, 0.717) is 18.0 Å². The molecule has 18 heavy (non-hydrogen) atoms. The fourth-order valence-electron chi connectivity index (χ4n) is 1.77. The summed E-state index contributed by atoms with van der Waals surface area (Å²) in [6.07, 6.45) is 1.18. The van der Waals surface area contributed by atoms with Gasteiger partial charge in [0.15, 0.2) is 5.13 Å². The largest absolute Gasteiger partial charge is 0.392 e. The minimum absolute atomic E-state index is 0.159. The predicted octanol–water partition coefficient (Wildman–Crippen LogP) is 2.79. The number of hydrogen-bond donors (Lipinski definition) is 2. The fraction of sp³-hybridized carbons (Fsp3) is 0.583. The summed E-state index contributed by atoms with van der Waals surface area (Å²) in [7, 11) is 0. The smallest absolute Gasteiger partial charge is 0.239 e. The van der Waals surface area contributed by atoms with Gasteiger partial charge < -0.3 is 11.1 Å². The van der Waals surface area contributed by atoms with Crippen molar-refractivity contribution in [2.75, 3.05) is 5.32 Å². The summed E-state index contributed by atoms with van der Waals surface area (Å²) in [4.78, 5) is 18.0. The molecule has 0 atom stereocenters. The number of aryl methyl sites for hydroxylation is 2. The van der Waals surface area contributed by atoms with E-state index in [1.807, 2.05) is 27.7 Å². The normalized spacial score (nSPS) is 11.3. The zero-order valence-corrected chi connectivity index (χ0v) is 12.8. The van der Waals surface area contributed by atoms with Gasteiger partial charge in [-0.15, -0.1) is 11.3 Å². The van der Waals surface area contributed by atoms with Crippen LogP contribution in [-0.2, 0) is 4.79 Å². The van der Waals surface area contributed by atoms with Crippen LogP contribution in [-0.4, -0.2) is 15.9 Å². The number of carbonyl (C=O) groups excluding carboxylic acids is 1. The molecule has 1 aromatic heterocycles. The van der Waals surface area contributed by atoms with Crippen LogP contribution >= 0.6 is 23.6 Å². The van der Waals surface area contributed by atoms with E-state index in [9.17, 15) is 4.79 Å². The van der Waals surface area contributed by atoms with Crippen molar-refractivity contribution in [1.82, 2.24) is 4.98 Å². The number of aromatic nitrogens is 1. The molecule has 1 heterocycles. The van der Waals surface area contributed by atoms with E-state index in [4.69, 9.17) is 18.0 Å². The Morgan fingerprint density at radius 1 is 1.44 bits per heavy atom. The summed E-state index contributed by atoms with van der Waals surface area (Å²) in [5, 5.41) is 3.44. The molecule has 1 aromatic rings. The summed E-state index contributed by atoms with van der Waals surface area (Å²) >= 11 is 6.52. The third-order valence-electron chi connectivity index (χ3n) is 3.36. The topological polar surface area (TPSA) is 68.0 Å². The highest BCUT2D eigenvalue weighted by Crippen LogP contribution is 2.30. The van der Waals surface area contributed by atoms with E-state index in [1.165, 1.54) is 11.3 Å². The standard InChI is InChI=1S/C12H19N3OS2/c1-5-12(6-2,9(13)17)10(16)15-11-14-7(3)8(4)18-11/h5-6H2,1-4H3,(H2,13,17)(H,14,15,16). The number of thiazole rings is 1. The lowest BCUT2D eigenvalue weighted by Crippen LogP contribution is -2.45. The Bertz CT molecular complexity index is 444. The average molecular weight is 285 g/mol. The van der Waals surface area contributed by atoms with Crippen molar-refractivity contribution < 1.29 is 4.79 Å². The van der Waals surface area contributed by atoms with Gasteiger partial charge in [0, 0.05) is 4.88 Å². The first kappa shape index (κ1) is 15.0. The van der Waals surface area contributed by atoms with Crippen LogP contribution in [0.3, 0.4) is 0 Å². The van der Waals surface area contributed by atoms with Gasteiger partial charge in [0.25, 0.3) is 0 Å². The summed E-state index contributed by atoms with van der Waals surface area (Å²) in [5.74, 6) is -0.159. The van der Waals surface area contributed by atoms with Crippen molar-refractivity contribution in [3.05, 3.63) is 10.6 Å². The molecule has 0 unspecified atom stereocenters. The summed E-state index contributed by atoms with van der Waals surface area (Å²) in [6, 6.07) is 0. The van der Waals surface area contributed by atoms with Gasteiger partial charge in [-0.25, -0.2) is 4.98 Å². The minimum atomic E-state index is -0.775. The van der Waals surface area contributed by atoms with Gasteiger partial charge in [0.1, 0.15) is 0 Å². The van der Waals surface area contributed by atoms with E-state index in [-0.39, 0.29) is 10.9 Å². The Morgan fingerprint density at radius 2 is 2.00 bits per heavy atom. The number of amides is 1.